The molecule has 1 amide bonds. The van der Waals surface area contributed by atoms with Crippen LogP contribution in [0.4, 0.5) is 5.69 Å². The molecule has 1 spiro atoms. The second-order valence-electron chi connectivity index (χ2n) is 6.78. The standard InChI is InChI=1S/C17H22N6O/c1-22-10-12-11(14(22)24)6-5-7-13(12)23-16(19)20-15(18)21-17(23)8-3-2-4-9-17/h5-7H,2-4,8-10H2,1H3,(H4,18,19,20,21). The lowest BCUT2D eigenvalue weighted by molar-refractivity contribution is 0.0816. The van der Waals surface area contributed by atoms with Gasteiger partial charge in [-0.3, -0.25) is 9.69 Å². The van der Waals surface area contributed by atoms with Crippen LogP contribution in [-0.2, 0) is 6.54 Å². The van der Waals surface area contributed by atoms with E-state index in [1.807, 2.05) is 30.1 Å². The average molecular weight is 326 g/mol. The molecule has 4 N–H and O–H groups in total. The van der Waals surface area contributed by atoms with Crippen molar-refractivity contribution in [2.45, 2.75) is 44.3 Å². The number of benzene rings is 1. The number of anilines is 1. The third-order valence-corrected chi connectivity index (χ3v) is 5.22. The molecule has 7 nitrogen and oxygen atoms in total. The highest BCUT2D eigenvalue weighted by Crippen LogP contribution is 2.42. The fourth-order valence-electron chi connectivity index (χ4n) is 4.14. The SMILES string of the molecule is CN1Cc2c(cccc2N2C(N)=NC(N)=NC23CCCCC3)C1=O. The van der Waals surface area contributed by atoms with E-state index in [-0.39, 0.29) is 11.9 Å². The number of guanidine groups is 2. The van der Waals surface area contributed by atoms with Crippen LogP contribution in [-0.4, -0.2) is 35.4 Å². The highest BCUT2D eigenvalue weighted by atomic mass is 16.2. The van der Waals surface area contributed by atoms with Gasteiger partial charge in [0.2, 0.25) is 11.9 Å². The Morgan fingerprint density at radius 2 is 1.92 bits per heavy atom. The lowest BCUT2D eigenvalue weighted by atomic mass is 9.86. The quantitative estimate of drug-likeness (QED) is 0.814. The van der Waals surface area contributed by atoms with E-state index in [4.69, 9.17) is 16.5 Å². The highest BCUT2D eigenvalue weighted by Gasteiger charge is 2.44. The molecule has 7 heteroatoms. The van der Waals surface area contributed by atoms with Gasteiger partial charge in [0.25, 0.3) is 5.91 Å². The van der Waals surface area contributed by atoms with Crippen molar-refractivity contribution in [3.8, 4) is 0 Å². The van der Waals surface area contributed by atoms with Gasteiger partial charge >= 0.3 is 0 Å². The van der Waals surface area contributed by atoms with Gasteiger partial charge in [0, 0.05) is 24.7 Å². The van der Waals surface area contributed by atoms with Gasteiger partial charge in [0.05, 0.1) is 5.69 Å². The van der Waals surface area contributed by atoms with Gasteiger partial charge in [-0.05, 0) is 37.8 Å². The number of rotatable bonds is 1. The molecule has 1 aliphatic carbocycles. The van der Waals surface area contributed by atoms with Crippen LogP contribution in [0.25, 0.3) is 0 Å². The average Bonchev–Trinajstić information content (AvgIpc) is 2.83. The topological polar surface area (TPSA) is 100 Å². The third kappa shape index (κ3) is 2.07. The molecule has 0 bridgehead atoms. The van der Waals surface area contributed by atoms with Gasteiger partial charge in [-0.1, -0.05) is 12.5 Å². The summed E-state index contributed by atoms with van der Waals surface area (Å²) >= 11 is 0. The summed E-state index contributed by atoms with van der Waals surface area (Å²) in [6.45, 7) is 0.573. The van der Waals surface area contributed by atoms with Crippen LogP contribution in [0.3, 0.4) is 0 Å². The second-order valence-corrected chi connectivity index (χ2v) is 6.78. The largest absolute Gasteiger partial charge is 0.369 e. The van der Waals surface area contributed by atoms with E-state index >= 15 is 0 Å². The van der Waals surface area contributed by atoms with E-state index in [9.17, 15) is 4.79 Å². The number of fused-ring (bicyclic) bond motifs is 1. The number of carbonyl (C=O) groups excluding carboxylic acids is 1. The first-order valence-electron chi connectivity index (χ1n) is 8.39. The number of hydrogen-bond acceptors (Lipinski definition) is 6. The lowest BCUT2D eigenvalue weighted by Crippen LogP contribution is -2.58. The first kappa shape index (κ1) is 15.0. The van der Waals surface area contributed by atoms with Gasteiger partial charge in [0.15, 0.2) is 0 Å². The number of nitrogens with zero attached hydrogens (tertiary/aromatic N) is 4. The number of carbonyl (C=O) groups is 1. The summed E-state index contributed by atoms with van der Waals surface area (Å²) in [5.41, 5.74) is 14.4. The highest BCUT2D eigenvalue weighted by molar-refractivity contribution is 6.08. The summed E-state index contributed by atoms with van der Waals surface area (Å²) in [6.07, 6.45) is 5.12. The van der Waals surface area contributed by atoms with Crippen molar-refractivity contribution in [2.24, 2.45) is 21.5 Å². The van der Waals surface area contributed by atoms with E-state index in [1.54, 1.807) is 4.90 Å². The van der Waals surface area contributed by atoms with Crippen LogP contribution < -0.4 is 16.4 Å². The van der Waals surface area contributed by atoms with E-state index in [0.29, 0.717) is 12.5 Å². The molecule has 1 fully saturated rings. The summed E-state index contributed by atoms with van der Waals surface area (Å²) in [5.74, 6) is 0.645. The van der Waals surface area contributed by atoms with E-state index in [0.717, 1.165) is 42.5 Å². The molecule has 0 aromatic heterocycles. The molecule has 1 saturated carbocycles. The maximum atomic E-state index is 12.3. The Kier molecular flexibility index (Phi) is 3.26. The summed E-state index contributed by atoms with van der Waals surface area (Å²) in [5, 5.41) is 0. The summed E-state index contributed by atoms with van der Waals surface area (Å²) in [6, 6.07) is 5.77. The Morgan fingerprint density at radius 1 is 1.17 bits per heavy atom. The molecule has 126 valence electrons. The van der Waals surface area contributed by atoms with E-state index in [2.05, 4.69) is 4.99 Å². The molecule has 1 aromatic carbocycles. The summed E-state index contributed by atoms with van der Waals surface area (Å²) < 4.78 is 0. The van der Waals surface area contributed by atoms with Crippen LogP contribution in [0.5, 0.6) is 0 Å². The first-order valence-corrected chi connectivity index (χ1v) is 8.39. The molecule has 2 heterocycles. The zero-order chi connectivity index (χ0) is 16.9. The smallest absolute Gasteiger partial charge is 0.254 e. The van der Waals surface area contributed by atoms with E-state index < -0.39 is 5.66 Å². The summed E-state index contributed by atoms with van der Waals surface area (Å²) in [4.78, 5) is 25.0. The number of amides is 1. The van der Waals surface area contributed by atoms with Crippen molar-refractivity contribution in [3.63, 3.8) is 0 Å². The Labute approximate surface area is 141 Å². The zero-order valence-corrected chi connectivity index (χ0v) is 13.8. The molecule has 0 saturated heterocycles. The van der Waals surface area contributed by atoms with Crippen LogP contribution in [0.2, 0.25) is 0 Å². The van der Waals surface area contributed by atoms with Gasteiger partial charge in [-0.15, -0.1) is 0 Å². The van der Waals surface area contributed by atoms with Gasteiger partial charge in [-0.25, -0.2) is 4.99 Å². The molecule has 4 rings (SSSR count). The molecular weight excluding hydrogens is 304 g/mol. The molecule has 1 aromatic rings. The van der Waals surface area contributed by atoms with Crippen LogP contribution in [0.1, 0.15) is 48.0 Å². The number of nitrogens with two attached hydrogens (primary N) is 2. The molecule has 24 heavy (non-hydrogen) atoms. The first-order chi connectivity index (χ1) is 11.5. The molecule has 0 atom stereocenters. The molecule has 0 radical (unpaired) electrons. The minimum atomic E-state index is -0.479. The fraction of sp³-hybridized carbons (Fsp3) is 0.471. The van der Waals surface area contributed by atoms with Crippen LogP contribution in [0.15, 0.2) is 28.2 Å². The summed E-state index contributed by atoms with van der Waals surface area (Å²) in [7, 11) is 1.81. The normalized spacial score (nSPS) is 22.5. The predicted molar refractivity (Wildman–Crippen MR) is 93.8 cm³/mol. The van der Waals surface area contributed by atoms with E-state index in [1.165, 1.54) is 6.42 Å². The Bertz CT molecular complexity index is 762. The fourth-order valence-corrected chi connectivity index (χ4v) is 4.14. The van der Waals surface area contributed by atoms with Crippen LogP contribution in [0, 0.1) is 0 Å². The number of aliphatic imine (C=N–C) groups is 2. The molecule has 3 aliphatic rings. The zero-order valence-electron chi connectivity index (χ0n) is 13.8. The van der Waals surface area contributed by atoms with Gasteiger partial charge in [0.1, 0.15) is 5.66 Å². The minimum absolute atomic E-state index is 0.0417. The van der Waals surface area contributed by atoms with Crippen molar-refractivity contribution >= 4 is 23.5 Å². The van der Waals surface area contributed by atoms with Crippen molar-refractivity contribution in [3.05, 3.63) is 29.3 Å². The Balaban J connectivity index is 1.86. The number of hydrogen-bond donors (Lipinski definition) is 2. The third-order valence-electron chi connectivity index (χ3n) is 5.22. The Hall–Kier alpha value is -2.57. The van der Waals surface area contributed by atoms with Crippen LogP contribution >= 0.6 is 0 Å². The Morgan fingerprint density at radius 3 is 2.67 bits per heavy atom. The molecular formula is C17H22N6O. The lowest BCUT2D eigenvalue weighted by Gasteiger charge is -2.46. The minimum Gasteiger partial charge on any atom is -0.369 e. The van der Waals surface area contributed by atoms with Crippen molar-refractivity contribution in [2.75, 3.05) is 11.9 Å². The molecule has 2 aliphatic heterocycles. The van der Waals surface area contributed by atoms with Gasteiger partial charge in [-0.2, -0.15) is 4.99 Å². The monoisotopic (exact) mass is 326 g/mol. The van der Waals surface area contributed by atoms with Crippen molar-refractivity contribution in [1.82, 2.24) is 4.90 Å². The maximum Gasteiger partial charge on any atom is 0.254 e. The van der Waals surface area contributed by atoms with Crippen molar-refractivity contribution in [1.29, 1.82) is 0 Å². The predicted octanol–water partition coefficient (Wildman–Crippen LogP) is 1.38. The van der Waals surface area contributed by atoms with Crippen molar-refractivity contribution < 1.29 is 4.79 Å². The van der Waals surface area contributed by atoms with Gasteiger partial charge < -0.3 is 16.4 Å². The maximum absolute atomic E-state index is 12.3. The molecule has 0 unspecified atom stereocenters. The second kappa shape index (κ2) is 5.22.